The first-order valence-electron chi connectivity index (χ1n) is 9.44. The zero-order valence-corrected chi connectivity index (χ0v) is 18.0. The Balaban J connectivity index is 1.57. The Bertz CT molecular complexity index is 1190. The van der Waals surface area contributed by atoms with Crippen LogP contribution in [0.3, 0.4) is 0 Å². The molecule has 0 saturated carbocycles. The molecule has 4 nitrogen and oxygen atoms in total. The molecule has 0 unspecified atom stereocenters. The average molecular weight is 435 g/mol. The molecule has 5 heteroatoms. The molecule has 0 aliphatic heterocycles. The van der Waals surface area contributed by atoms with Gasteiger partial charge < -0.3 is 0 Å². The van der Waals surface area contributed by atoms with Crippen molar-refractivity contribution < 1.29 is 7.06 Å². The average Bonchev–Trinajstić information content (AvgIpc) is 2.80. The van der Waals surface area contributed by atoms with Gasteiger partial charge in [0, 0.05) is 0 Å². The van der Waals surface area contributed by atoms with E-state index in [0.29, 0.717) is 0 Å². The molecule has 0 fully saturated rings. The quantitative estimate of drug-likeness (QED) is 0.378. The van der Waals surface area contributed by atoms with Gasteiger partial charge in [0.2, 0.25) is 0 Å². The monoisotopic (exact) mass is 434 g/mol. The maximum atomic E-state index is 6.54. The Morgan fingerprint density at radius 2 is 1.03 bits per heavy atom. The van der Waals surface area contributed by atoms with Crippen LogP contribution in [0.15, 0.2) is 103 Å². The van der Waals surface area contributed by atoms with E-state index in [2.05, 4.69) is 22.1 Å². The van der Waals surface area contributed by atoms with Crippen molar-refractivity contribution in [1.29, 1.82) is 0 Å². The zero-order valence-electron chi connectivity index (χ0n) is 15.6. The van der Waals surface area contributed by atoms with Gasteiger partial charge in [-0.05, 0) is 0 Å². The van der Waals surface area contributed by atoms with Crippen LogP contribution >= 0.6 is 0 Å². The van der Waals surface area contributed by atoms with Crippen molar-refractivity contribution in [3.8, 4) is 11.5 Å². The first kappa shape index (κ1) is 17.8. The van der Waals surface area contributed by atoms with Crippen LogP contribution in [0.25, 0.3) is 21.8 Å². The molecule has 0 N–H and O–H groups in total. The van der Waals surface area contributed by atoms with E-state index in [9.17, 15) is 0 Å². The van der Waals surface area contributed by atoms with Crippen LogP contribution in [0, 0.1) is 0 Å². The Labute approximate surface area is 174 Å². The summed E-state index contributed by atoms with van der Waals surface area (Å²) < 4.78 is 14.2. The number of hydrogen-bond donors (Lipinski definition) is 0. The molecule has 0 amide bonds. The van der Waals surface area contributed by atoms with Gasteiger partial charge in [-0.3, -0.25) is 0 Å². The third kappa shape index (κ3) is 3.70. The number of benzene rings is 3. The first-order chi connectivity index (χ1) is 14.4. The number of nitrogens with zero attached hydrogens (tertiary/aromatic N) is 2. The summed E-state index contributed by atoms with van der Waals surface area (Å²) >= 11 is -2.93. The molecule has 0 aliphatic carbocycles. The minimum atomic E-state index is -2.93. The van der Waals surface area contributed by atoms with E-state index in [-0.39, 0.29) is 0 Å². The van der Waals surface area contributed by atoms with Crippen LogP contribution in [-0.2, 0) is 0 Å². The van der Waals surface area contributed by atoms with Crippen molar-refractivity contribution in [2.75, 3.05) is 0 Å². The summed E-state index contributed by atoms with van der Waals surface area (Å²) in [5.41, 5.74) is 1.70. The van der Waals surface area contributed by atoms with Gasteiger partial charge in [-0.1, -0.05) is 0 Å². The van der Waals surface area contributed by atoms with Crippen molar-refractivity contribution in [1.82, 2.24) is 9.97 Å². The van der Waals surface area contributed by atoms with Crippen molar-refractivity contribution >= 4 is 42.9 Å². The van der Waals surface area contributed by atoms with Gasteiger partial charge in [-0.2, -0.15) is 0 Å². The maximum absolute atomic E-state index is 6.54. The topological polar surface area (TPSA) is 44.2 Å². The second-order valence-corrected chi connectivity index (χ2v) is 10.4. The summed E-state index contributed by atoms with van der Waals surface area (Å²) in [4.78, 5) is 9.04. The number of para-hydroxylation sites is 2. The summed E-state index contributed by atoms with van der Waals surface area (Å²) in [5.74, 6) is 1.51. The second kappa shape index (κ2) is 7.99. The first-order valence-corrected chi connectivity index (χ1v) is 12.6. The Kier molecular flexibility index (Phi) is 4.90. The van der Waals surface area contributed by atoms with Gasteiger partial charge in [-0.25, -0.2) is 0 Å². The molecule has 138 valence electrons. The molecule has 5 rings (SSSR count). The summed E-state index contributed by atoms with van der Waals surface area (Å²) in [6, 6.07) is 30.1. The van der Waals surface area contributed by atoms with E-state index in [4.69, 9.17) is 7.06 Å². The minimum absolute atomic E-state index is 0.755. The number of hydrogen-bond acceptors (Lipinski definition) is 4. The second-order valence-electron chi connectivity index (χ2n) is 6.64. The van der Waals surface area contributed by atoms with E-state index in [1.54, 1.807) is 12.4 Å². The third-order valence-corrected chi connectivity index (χ3v) is 8.64. The number of pyridine rings is 2. The van der Waals surface area contributed by atoms with Crippen LogP contribution in [0.1, 0.15) is 0 Å². The van der Waals surface area contributed by atoms with E-state index >= 15 is 0 Å². The number of aromatic nitrogens is 2. The van der Waals surface area contributed by atoms with E-state index in [0.717, 1.165) is 37.4 Å². The standard InChI is InChI=1S/2C9H7NO.C6H5.Ga/c2*11-8-5-1-3-7-4-2-6-10-9(7)8;1-2-4-6-5-3-1;/h2*1-6,11H;1-5H;/q;;;+2/p-2. The van der Waals surface area contributed by atoms with Crippen LogP contribution in [0.2, 0.25) is 0 Å². The Morgan fingerprint density at radius 1 is 0.517 bits per heavy atom. The van der Waals surface area contributed by atoms with Gasteiger partial charge in [0.25, 0.3) is 0 Å². The van der Waals surface area contributed by atoms with Crippen molar-refractivity contribution in [2.24, 2.45) is 0 Å². The third-order valence-electron chi connectivity index (χ3n) is 4.73. The molecule has 0 atom stereocenters. The molecule has 2 aromatic heterocycles. The molecule has 29 heavy (non-hydrogen) atoms. The van der Waals surface area contributed by atoms with Gasteiger partial charge in [0.05, 0.1) is 0 Å². The predicted molar refractivity (Wildman–Crippen MR) is 117 cm³/mol. The predicted octanol–water partition coefficient (Wildman–Crippen LogP) is 4.64. The van der Waals surface area contributed by atoms with E-state index in [1.807, 2.05) is 78.9 Å². The van der Waals surface area contributed by atoms with Gasteiger partial charge >= 0.3 is 175 Å². The van der Waals surface area contributed by atoms with Gasteiger partial charge in [-0.15, -0.1) is 0 Å². The zero-order chi connectivity index (χ0) is 19.5. The summed E-state index contributed by atoms with van der Waals surface area (Å²) in [7, 11) is 0. The SMILES string of the molecule is c1cc[c]([Ga]([O]c2cccc3cccnc23)[O]c2cccc3cccnc23)cc1. The van der Waals surface area contributed by atoms with E-state index < -0.39 is 16.9 Å². The summed E-state index contributed by atoms with van der Waals surface area (Å²) in [6.07, 6.45) is 3.57. The van der Waals surface area contributed by atoms with Crippen LogP contribution in [0.5, 0.6) is 11.5 Å². The summed E-state index contributed by atoms with van der Waals surface area (Å²) in [6.45, 7) is 0. The molecular weight excluding hydrogens is 418 g/mol. The molecule has 0 spiro atoms. The molecule has 2 heterocycles. The molecule has 0 radical (unpaired) electrons. The molecule has 3 aromatic carbocycles. The fraction of sp³-hybridized carbons (Fsp3) is 0. The molecule has 0 bridgehead atoms. The summed E-state index contributed by atoms with van der Waals surface area (Å²) in [5, 5.41) is 2.09. The van der Waals surface area contributed by atoms with Crippen LogP contribution in [0.4, 0.5) is 0 Å². The van der Waals surface area contributed by atoms with Gasteiger partial charge in [0.1, 0.15) is 0 Å². The molecule has 0 aliphatic rings. The van der Waals surface area contributed by atoms with Gasteiger partial charge in [0.15, 0.2) is 0 Å². The van der Waals surface area contributed by atoms with Crippen molar-refractivity contribution in [3.05, 3.63) is 103 Å². The van der Waals surface area contributed by atoms with Crippen molar-refractivity contribution in [2.45, 2.75) is 0 Å². The molecule has 0 saturated heterocycles. The Hall–Kier alpha value is -3.28. The number of rotatable bonds is 5. The number of fused-ring (bicyclic) bond motifs is 2. The molecular formula is C24H17GaN2O2. The van der Waals surface area contributed by atoms with Crippen molar-refractivity contribution in [3.63, 3.8) is 0 Å². The normalized spacial score (nSPS) is 10.8. The van der Waals surface area contributed by atoms with Crippen LogP contribution in [-0.4, -0.2) is 26.9 Å². The molecule has 5 aromatic rings. The van der Waals surface area contributed by atoms with Crippen LogP contribution < -0.4 is 11.2 Å². The fourth-order valence-electron chi connectivity index (χ4n) is 3.34. The Morgan fingerprint density at radius 3 is 1.59 bits per heavy atom. The van der Waals surface area contributed by atoms with E-state index in [1.165, 1.54) is 0 Å². The fourth-order valence-corrected chi connectivity index (χ4v) is 6.91.